The maximum absolute atomic E-state index is 11.7. The van der Waals surface area contributed by atoms with Gasteiger partial charge in [0.15, 0.2) is 0 Å². The predicted octanol–water partition coefficient (Wildman–Crippen LogP) is 2.79. The lowest BCUT2D eigenvalue weighted by molar-refractivity contribution is -0.130. The molecule has 1 aliphatic heterocycles. The van der Waals surface area contributed by atoms with Gasteiger partial charge < -0.3 is 10.1 Å². The zero-order valence-corrected chi connectivity index (χ0v) is 10.7. The van der Waals surface area contributed by atoms with E-state index >= 15 is 0 Å². The Kier molecular flexibility index (Phi) is 4.26. The molecule has 0 aromatic heterocycles. The van der Waals surface area contributed by atoms with Crippen LogP contribution >= 0.6 is 23.2 Å². The number of halogens is 2. The lowest BCUT2D eigenvalue weighted by atomic mass is 10.2. The molecule has 0 unspecified atom stereocenters. The van der Waals surface area contributed by atoms with Gasteiger partial charge in [-0.05, 0) is 30.5 Å². The van der Waals surface area contributed by atoms with E-state index in [0.29, 0.717) is 23.2 Å². The molecular weight excluding hydrogens is 261 g/mol. The predicted molar refractivity (Wildman–Crippen MR) is 67.3 cm³/mol. The van der Waals surface area contributed by atoms with E-state index in [1.54, 1.807) is 12.1 Å². The number of nitrogens with one attached hydrogen (secondary N) is 1. The fraction of sp³-hybridized carbons (Fsp3) is 0.417. The summed E-state index contributed by atoms with van der Waals surface area (Å²) >= 11 is 11.7. The van der Waals surface area contributed by atoms with Gasteiger partial charge in [-0.1, -0.05) is 29.3 Å². The van der Waals surface area contributed by atoms with E-state index in [9.17, 15) is 4.79 Å². The Morgan fingerprint density at radius 3 is 2.88 bits per heavy atom. The molecular formula is C12H13Cl2NO2. The topological polar surface area (TPSA) is 38.3 Å². The van der Waals surface area contributed by atoms with Crippen LogP contribution in [-0.2, 0) is 16.1 Å². The first-order valence-corrected chi connectivity index (χ1v) is 6.25. The molecule has 92 valence electrons. The van der Waals surface area contributed by atoms with Crippen LogP contribution in [0.5, 0.6) is 0 Å². The van der Waals surface area contributed by atoms with E-state index in [4.69, 9.17) is 27.9 Å². The van der Waals surface area contributed by atoms with Crippen molar-refractivity contribution in [2.75, 3.05) is 6.61 Å². The molecule has 0 bridgehead atoms. The summed E-state index contributed by atoms with van der Waals surface area (Å²) in [5.41, 5.74) is 0.922. The van der Waals surface area contributed by atoms with Gasteiger partial charge in [-0.3, -0.25) is 4.79 Å². The van der Waals surface area contributed by atoms with Crippen LogP contribution in [0.15, 0.2) is 18.2 Å². The van der Waals surface area contributed by atoms with Gasteiger partial charge in [0.05, 0.1) is 10.0 Å². The Bertz CT molecular complexity index is 417. The second-order valence-electron chi connectivity index (χ2n) is 3.97. The molecule has 5 heteroatoms. The van der Waals surface area contributed by atoms with Crippen molar-refractivity contribution < 1.29 is 9.53 Å². The second kappa shape index (κ2) is 5.71. The molecule has 0 saturated carbocycles. The first kappa shape index (κ1) is 12.7. The molecule has 1 aliphatic rings. The van der Waals surface area contributed by atoms with Crippen molar-refractivity contribution >= 4 is 29.1 Å². The number of benzene rings is 1. The molecule has 0 radical (unpaired) electrons. The Morgan fingerprint density at radius 1 is 1.41 bits per heavy atom. The van der Waals surface area contributed by atoms with Gasteiger partial charge in [-0.2, -0.15) is 0 Å². The number of rotatable bonds is 3. The first-order valence-electron chi connectivity index (χ1n) is 5.50. The fourth-order valence-corrected chi connectivity index (χ4v) is 2.06. The Balaban J connectivity index is 1.88. The van der Waals surface area contributed by atoms with E-state index in [2.05, 4.69) is 5.32 Å². The summed E-state index contributed by atoms with van der Waals surface area (Å²) in [6.45, 7) is 1.11. The lowest BCUT2D eigenvalue weighted by Gasteiger charge is -2.10. The number of hydrogen-bond acceptors (Lipinski definition) is 2. The Morgan fingerprint density at radius 2 is 2.24 bits per heavy atom. The molecule has 1 atom stereocenters. The average Bonchev–Trinajstić information content (AvgIpc) is 2.84. The van der Waals surface area contributed by atoms with E-state index < -0.39 is 0 Å². The monoisotopic (exact) mass is 273 g/mol. The van der Waals surface area contributed by atoms with E-state index in [-0.39, 0.29) is 12.0 Å². The maximum Gasteiger partial charge on any atom is 0.249 e. The maximum atomic E-state index is 11.7. The molecule has 2 rings (SSSR count). The van der Waals surface area contributed by atoms with Gasteiger partial charge in [0.1, 0.15) is 6.10 Å². The molecule has 0 spiro atoms. The Labute approximate surface area is 110 Å². The summed E-state index contributed by atoms with van der Waals surface area (Å²) in [6.07, 6.45) is 1.45. The van der Waals surface area contributed by atoms with Gasteiger partial charge >= 0.3 is 0 Å². The average molecular weight is 274 g/mol. The van der Waals surface area contributed by atoms with Crippen molar-refractivity contribution in [1.82, 2.24) is 5.32 Å². The third-order valence-electron chi connectivity index (χ3n) is 2.67. The van der Waals surface area contributed by atoms with Crippen molar-refractivity contribution in [3.05, 3.63) is 33.8 Å². The number of ether oxygens (including phenoxy) is 1. The zero-order chi connectivity index (χ0) is 12.3. The smallest absolute Gasteiger partial charge is 0.249 e. The molecule has 0 aliphatic carbocycles. The van der Waals surface area contributed by atoms with Crippen LogP contribution in [0.2, 0.25) is 10.0 Å². The molecule has 1 amide bonds. The highest BCUT2D eigenvalue weighted by Crippen LogP contribution is 2.22. The molecule has 1 saturated heterocycles. The minimum atomic E-state index is -0.294. The van der Waals surface area contributed by atoms with Crippen LogP contribution in [0.3, 0.4) is 0 Å². The zero-order valence-electron chi connectivity index (χ0n) is 9.21. The van der Waals surface area contributed by atoms with Crippen LogP contribution < -0.4 is 5.32 Å². The van der Waals surface area contributed by atoms with Crippen molar-refractivity contribution in [2.45, 2.75) is 25.5 Å². The summed E-state index contributed by atoms with van der Waals surface area (Å²) in [7, 11) is 0. The molecule has 1 aromatic carbocycles. The molecule has 1 aromatic rings. The minimum absolute atomic E-state index is 0.0615. The van der Waals surface area contributed by atoms with E-state index in [1.807, 2.05) is 6.07 Å². The molecule has 1 N–H and O–H groups in total. The third kappa shape index (κ3) is 3.35. The van der Waals surface area contributed by atoms with Gasteiger partial charge in [0.2, 0.25) is 5.91 Å². The van der Waals surface area contributed by atoms with E-state index in [0.717, 1.165) is 18.4 Å². The van der Waals surface area contributed by atoms with Crippen LogP contribution in [0, 0.1) is 0 Å². The number of carbonyl (C=O) groups is 1. The van der Waals surface area contributed by atoms with Crippen molar-refractivity contribution in [2.24, 2.45) is 0 Å². The van der Waals surface area contributed by atoms with Crippen LogP contribution in [0.1, 0.15) is 18.4 Å². The standard InChI is InChI=1S/C12H13Cl2NO2/c13-9-4-3-8(6-10(9)14)7-15-12(16)11-2-1-5-17-11/h3-4,6,11H,1-2,5,7H2,(H,15,16)/t11-/m0/s1. The van der Waals surface area contributed by atoms with Crippen LogP contribution in [-0.4, -0.2) is 18.6 Å². The fourth-order valence-electron chi connectivity index (χ4n) is 1.74. The van der Waals surface area contributed by atoms with Crippen LogP contribution in [0.4, 0.5) is 0 Å². The van der Waals surface area contributed by atoms with Crippen molar-refractivity contribution in [1.29, 1.82) is 0 Å². The first-order chi connectivity index (χ1) is 8.16. The number of amides is 1. The summed E-state index contributed by atoms with van der Waals surface area (Å²) in [5.74, 6) is -0.0615. The summed E-state index contributed by atoms with van der Waals surface area (Å²) in [6, 6.07) is 5.31. The quantitative estimate of drug-likeness (QED) is 0.920. The van der Waals surface area contributed by atoms with Gasteiger partial charge in [0.25, 0.3) is 0 Å². The van der Waals surface area contributed by atoms with Crippen LogP contribution in [0.25, 0.3) is 0 Å². The largest absolute Gasteiger partial charge is 0.368 e. The van der Waals surface area contributed by atoms with Gasteiger partial charge in [-0.15, -0.1) is 0 Å². The minimum Gasteiger partial charge on any atom is -0.368 e. The van der Waals surface area contributed by atoms with Gasteiger partial charge in [-0.25, -0.2) is 0 Å². The number of hydrogen-bond donors (Lipinski definition) is 1. The molecule has 3 nitrogen and oxygen atoms in total. The molecule has 1 heterocycles. The SMILES string of the molecule is O=C(NCc1ccc(Cl)c(Cl)c1)[C@@H]1CCCO1. The third-order valence-corrected chi connectivity index (χ3v) is 3.41. The molecule has 1 fully saturated rings. The molecule has 17 heavy (non-hydrogen) atoms. The highest BCUT2D eigenvalue weighted by molar-refractivity contribution is 6.42. The van der Waals surface area contributed by atoms with Gasteiger partial charge in [0, 0.05) is 13.2 Å². The number of carbonyl (C=O) groups excluding carboxylic acids is 1. The highest BCUT2D eigenvalue weighted by atomic mass is 35.5. The lowest BCUT2D eigenvalue weighted by Crippen LogP contribution is -2.33. The summed E-state index contributed by atoms with van der Waals surface area (Å²) < 4.78 is 5.29. The Hall–Kier alpha value is -0.770. The van der Waals surface area contributed by atoms with Crippen molar-refractivity contribution in [3.63, 3.8) is 0 Å². The summed E-state index contributed by atoms with van der Waals surface area (Å²) in [4.78, 5) is 11.7. The second-order valence-corrected chi connectivity index (χ2v) is 4.78. The summed E-state index contributed by atoms with van der Waals surface area (Å²) in [5, 5.41) is 3.83. The normalized spacial score (nSPS) is 19.3. The highest BCUT2D eigenvalue weighted by Gasteiger charge is 2.22. The van der Waals surface area contributed by atoms with E-state index in [1.165, 1.54) is 0 Å². The van der Waals surface area contributed by atoms with Crippen molar-refractivity contribution in [3.8, 4) is 0 Å².